The molecule has 20 heavy (non-hydrogen) atoms. The summed E-state index contributed by atoms with van der Waals surface area (Å²) in [5, 5.41) is 12.1. The number of aliphatic carboxylic acids is 1. The van der Waals surface area contributed by atoms with Crippen LogP contribution in [-0.4, -0.2) is 42.9 Å². The van der Waals surface area contributed by atoms with Crippen molar-refractivity contribution in [3.8, 4) is 5.75 Å². The van der Waals surface area contributed by atoms with Gasteiger partial charge in [0, 0.05) is 37.9 Å². The highest BCUT2D eigenvalue weighted by Gasteiger charge is 2.41. The van der Waals surface area contributed by atoms with Gasteiger partial charge in [-0.2, -0.15) is 0 Å². The molecule has 0 atom stereocenters. The van der Waals surface area contributed by atoms with Crippen LogP contribution in [0.25, 0.3) is 0 Å². The number of carboxylic acids is 1. The lowest BCUT2D eigenvalue weighted by Crippen LogP contribution is -2.64. The van der Waals surface area contributed by atoms with Gasteiger partial charge in [-0.25, -0.2) is 0 Å². The predicted molar refractivity (Wildman–Crippen MR) is 78.5 cm³/mol. The molecule has 5 heteroatoms. The molecule has 1 saturated heterocycles. The Bertz CT molecular complexity index is 468. The fourth-order valence-electron chi connectivity index (χ4n) is 2.50. The molecule has 110 valence electrons. The van der Waals surface area contributed by atoms with E-state index in [1.807, 2.05) is 24.3 Å². The largest absolute Gasteiger partial charge is 0.484 e. The average molecular weight is 278 g/mol. The minimum Gasteiger partial charge on any atom is -0.484 e. The van der Waals surface area contributed by atoms with E-state index in [2.05, 4.69) is 24.1 Å². The maximum absolute atomic E-state index is 10.9. The Kier molecular flexibility index (Phi) is 4.49. The van der Waals surface area contributed by atoms with Gasteiger partial charge in [0.1, 0.15) is 11.4 Å². The molecule has 5 nitrogen and oxygen atoms in total. The molecule has 0 saturated carbocycles. The Balaban J connectivity index is 2.12. The molecule has 0 radical (unpaired) electrons. The van der Waals surface area contributed by atoms with Gasteiger partial charge in [0.05, 0.1) is 6.42 Å². The van der Waals surface area contributed by atoms with E-state index in [1.165, 1.54) is 0 Å². The van der Waals surface area contributed by atoms with Gasteiger partial charge in [0.2, 0.25) is 0 Å². The fourth-order valence-corrected chi connectivity index (χ4v) is 2.50. The monoisotopic (exact) mass is 278 g/mol. The third kappa shape index (κ3) is 3.22. The molecule has 0 aromatic heterocycles. The van der Waals surface area contributed by atoms with E-state index in [-0.39, 0.29) is 6.42 Å². The van der Waals surface area contributed by atoms with Crippen LogP contribution in [0.4, 0.5) is 5.69 Å². The second-order valence-electron chi connectivity index (χ2n) is 5.13. The van der Waals surface area contributed by atoms with Crippen molar-refractivity contribution >= 4 is 11.7 Å². The van der Waals surface area contributed by atoms with Gasteiger partial charge in [-0.05, 0) is 26.0 Å². The van der Waals surface area contributed by atoms with E-state index in [0.29, 0.717) is 13.1 Å². The Hall–Kier alpha value is -1.75. The van der Waals surface area contributed by atoms with E-state index >= 15 is 0 Å². The lowest BCUT2D eigenvalue weighted by molar-refractivity contribution is -0.143. The number of rotatable bonds is 7. The summed E-state index contributed by atoms with van der Waals surface area (Å²) in [4.78, 5) is 13.2. The standard InChI is InChI=1S/C15H22N2O3/c1-3-17(4-2)12-6-5-7-13(8-12)20-15(9-14(18)19)10-16-11-15/h5-8,16H,3-4,9-11H2,1-2H3,(H,18,19). The number of hydrogen-bond donors (Lipinski definition) is 2. The van der Waals surface area contributed by atoms with E-state index in [9.17, 15) is 4.79 Å². The predicted octanol–water partition coefficient (Wildman–Crippen LogP) is 1.73. The van der Waals surface area contributed by atoms with Crippen LogP contribution in [0, 0.1) is 0 Å². The summed E-state index contributed by atoms with van der Waals surface area (Å²) in [6.45, 7) is 7.24. The summed E-state index contributed by atoms with van der Waals surface area (Å²) in [5.74, 6) is -0.0939. The van der Waals surface area contributed by atoms with Crippen LogP contribution in [0.1, 0.15) is 20.3 Å². The number of nitrogens with zero attached hydrogens (tertiary/aromatic N) is 1. The molecule has 1 aromatic carbocycles. The van der Waals surface area contributed by atoms with Crippen molar-refractivity contribution in [3.63, 3.8) is 0 Å². The first kappa shape index (κ1) is 14.7. The zero-order chi connectivity index (χ0) is 14.6. The molecule has 0 bridgehead atoms. The lowest BCUT2D eigenvalue weighted by atomic mass is 9.92. The molecule has 1 aliphatic rings. The molecular weight excluding hydrogens is 256 g/mol. The molecule has 2 rings (SSSR count). The van der Waals surface area contributed by atoms with Crippen LogP contribution in [0.2, 0.25) is 0 Å². The van der Waals surface area contributed by atoms with E-state index in [4.69, 9.17) is 9.84 Å². The van der Waals surface area contributed by atoms with Crippen molar-refractivity contribution in [2.24, 2.45) is 0 Å². The Morgan fingerprint density at radius 2 is 2.10 bits per heavy atom. The van der Waals surface area contributed by atoms with Gasteiger partial charge < -0.3 is 20.1 Å². The van der Waals surface area contributed by atoms with Gasteiger partial charge in [-0.15, -0.1) is 0 Å². The fraction of sp³-hybridized carbons (Fsp3) is 0.533. The normalized spacial score (nSPS) is 16.3. The number of hydrogen-bond acceptors (Lipinski definition) is 4. The van der Waals surface area contributed by atoms with Crippen molar-refractivity contribution in [2.45, 2.75) is 25.9 Å². The van der Waals surface area contributed by atoms with E-state index in [0.717, 1.165) is 24.5 Å². The maximum Gasteiger partial charge on any atom is 0.307 e. The molecule has 1 fully saturated rings. The molecule has 1 aromatic rings. The molecule has 1 aliphatic heterocycles. The third-order valence-electron chi connectivity index (χ3n) is 3.65. The van der Waals surface area contributed by atoms with Crippen molar-refractivity contribution in [3.05, 3.63) is 24.3 Å². The molecule has 1 heterocycles. The topological polar surface area (TPSA) is 61.8 Å². The second-order valence-corrected chi connectivity index (χ2v) is 5.13. The Morgan fingerprint density at radius 1 is 1.40 bits per heavy atom. The summed E-state index contributed by atoms with van der Waals surface area (Å²) in [7, 11) is 0. The highest BCUT2D eigenvalue weighted by atomic mass is 16.5. The minimum atomic E-state index is -0.827. The van der Waals surface area contributed by atoms with Crippen molar-refractivity contribution in [1.82, 2.24) is 5.32 Å². The highest BCUT2D eigenvalue weighted by Crippen LogP contribution is 2.28. The Labute approximate surface area is 119 Å². The summed E-state index contributed by atoms with van der Waals surface area (Å²) in [6, 6.07) is 7.86. The summed E-state index contributed by atoms with van der Waals surface area (Å²) >= 11 is 0. The molecule has 0 aliphatic carbocycles. The van der Waals surface area contributed by atoms with Gasteiger partial charge >= 0.3 is 5.97 Å². The number of anilines is 1. The van der Waals surface area contributed by atoms with Crippen molar-refractivity contribution in [1.29, 1.82) is 0 Å². The van der Waals surface area contributed by atoms with Crippen LogP contribution in [0.15, 0.2) is 24.3 Å². The molecule has 0 amide bonds. The van der Waals surface area contributed by atoms with Crippen LogP contribution in [0.3, 0.4) is 0 Å². The molecule has 0 spiro atoms. The third-order valence-corrected chi connectivity index (χ3v) is 3.65. The minimum absolute atomic E-state index is 0.0233. The van der Waals surface area contributed by atoms with Gasteiger partial charge in [-0.1, -0.05) is 6.07 Å². The van der Waals surface area contributed by atoms with Gasteiger partial charge in [0.15, 0.2) is 0 Å². The van der Waals surface area contributed by atoms with Gasteiger partial charge in [0.25, 0.3) is 0 Å². The smallest absolute Gasteiger partial charge is 0.307 e. The molecular formula is C15H22N2O3. The average Bonchev–Trinajstić information content (AvgIpc) is 2.37. The molecule has 2 N–H and O–H groups in total. The number of ether oxygens (including phenoxy) is 1. The summed E-state index contributed by atoms with van der Waals surface area (Å²) < 4.78 is 5.96. The number of carboxylic acid groups (broad SMARTS) is 1. The van der Waals surface area contributed by atoms with Crippen LogP contribution >= 0.6 is 0 Å². The zero-order valence-corrected chi connectivity index (χ0v) is 12.1. The summed E-state index contributed by atoms with van der Waals surface area (Å²) in [5.41, 5.74) is 0.499. The van der Waals surface area contributed by atoms with Crippen LogP contribution in [0.5, 0.6) is 5.75 Å². The first-order valence-electron chi connectivity index (χ1n) is 7.05. The first-order chi connectivity index (χ1) is 9.58. The number of carbonyl (C=O) groups is 1. The number of nitrogens with one attached hydrogen (secondary N) is 1. The van der Waals surface area contributed by atoms with E-state index < -0.39 is 11.6 Å². The van der Waals surface area contributed by atoms with Crippen molar-refractivity contribution in [2.75, 3.05) is 31.1 Å². The van der Waals surface area contributed by atoms with Gasteiger partial charge in [-0.3, -0.25) is 4.79 Å². The van der Waals surface area contributed by atoms with Crippen molar-refractivity contribution < 1.29 is 14.6 Å². The quantitative estimate of drug-likeness (QED) is 0.795. The van der Waals surface area contributed by atoms with Crippen LogP contribution in [-0.2, 0) is 4.79 Å². The van der Waals surface area contributed by atoms with E-state index in [1.54, 1.807) is 0 Å². The zero-order valence-electron chi connectivity index (χ0n) is 12.1. The highest BCUT2D eigenvalue weighted by molar-refractivity contribution is 5.68. The second kappa shape index (κ2) is 6.13. The Morgan fingerprint density at radius 3 is 2.60 bits per heavy atom. The lowest BCUT2D eigenvalue weighted by Gasteiger charge is -2.41. The first-order valence-corrected chi connectivity index (χ1v) is 7.05. The SMILES string of the molecule is CCN(CC)c1cccc(OC2(CC(=O)O)CNC2)c1. The maximum atomic E-state index is 10.9. The van der Waals surface area contributed by atoms with Crippen LogP contribution < -0.4 is 15.0 Å². The molecule has 0 unspecified atom stereocenters. The number of benzene rings is 1. The summed E-state index contributed by atoms with van der Waals surface area (Å²) in [6.07, 6.45) is 0.0233.